The van der Waals surface area contributed by atoms with Crippen molar-refractivity contribution in [1.82, 2.24) is 4.90 Å². The molecule has 0 bridgehead atoms. The zero-order valence-electron chi connectivity index (χ0n) is 9.53. The molecule has 0 aromatic carbocycles. The minimum Gasteiger partial charge on any atom is -0.394 e. The number of hydrogen-bond acceptors (Lipinski definition) is 3. The third-order valence-corrected chi connectivity index (χ3v) is 3.03. The number of alkyl halides is 1. The Bertz CT molecular complexity index is 205. The molecule has 1 amide bonds. The molecule has 1 aliphatic rings. The summed E-state index contributed by atoms with van der Waals surface area (Å²) >= 11 is 5.55. The van der Waals surface area contributed by atoms with Crippen molar-refractivity contribution >= 4 is 17.5 Å². The van der Waals surface area contributed by atoms with Crippen LogP contribution in [0.2, 0.25) is 0 Å². The van der Waals surface area contributed by atoms with Crippen molar-refractivity contribution in [2.24, 2.45) is 0 Å². The number of aliphatic hydroxyl groups is 1. The lowest BCUT2D eigenvalue weighted by molar-refractivity contribution is -0.134. The van der Waals surface area contributed by atoms with Crippen LogP contribution in [0.1, 0.15) is 25.7 Å². The van der Waals surface area contributed by atoms with E-state index in [1.807, 2.05) is 4.90 Å². The molecule has 0 aliphatic carbocycles. The molecule has 0 unspecified atom stereocenters. The molecular weight excluding hydrogens is 230 g/mol. The monoisotopic (exact) mass is 249 g/mol. The van der Waals surface area contributed by atoms with Gasteiger partial charge in [-0.25, -0.2) is 0 Å². The van der Waals surface area contributed by atoms with Crippen LogP contribution in [0, 0.1) is 0 Å². The number of aliphatic hydroxyl groups excluding tert-OH is 1. The smallest absolute Gasteiger partial charge is 0.222 e. The van der Waals surface area contributed by atoms with Crippen LogP contribution >= 0.6 is 11.6 Å². The van der Waals surface area contributed by atoms with Crippen molar-refractivity contribution in [2.45, 2.75) is 31.8 Å². The molecule has 1 heterocycles. The molecule has 0 aromatic heterocycles. The maximum Gasteiger partial charge on any atom is 0.222 e. The standard InChI is InChI=1S/C11H20ClNO3/c12-5-1-2-11(15)13-6-3-10(4-7-13)16-9-8-14/h10,14H,1-9H2. The Labute approximate surface area is 102 Å². The molecule has 0 spiro atoms. The van der Waals surface area contributed by atoms with Crippen molar-refractivity contribution in [2.75, 3.05) is 32.2 Å². The molecule has 0 aromatic rings. The van der Waals surface area contributed by atoms with Crippen LogP contribution in [0.3, 0.4) is 0 Å². The number of nitrogens with zero attached hydrogens (tertiary/aromatic N) is 1. The average Bonchev–Trinajstić information content (AvgIpc) is 2.34. The SMILES string of the molecule is O=C(CCCCl)N1CCC(OCCO)CC1. The summed E-state index contributed by atoms with van der Waals surface area (Å²) < 4.78 is 5.43. The average molecular weight is 250 g/mol. The number of likely N-dealkylation sites (tertiary alicyclic amines) is 1. The number of carbonyl (C=O) groups excluding carboxylic acids is 1. The van der Waals surface area contributed by atoms with Crippen molar-refractivity contribution in [3.8, 4) is 0 Å². The van der Waals surface area contributed by atoms with Gasteiger partial charge in [0.05, 0.1) is 19.3 Å². The summed E-state index contributed by atoms with van der Waals surface area (Å²) in [7, 11) is 0. The second-order valence-corrected chi connectivity index (χ2v) is 4.35. The van der Waals surface area contributed by atoms with Crippen molar-refractivity contribution < 1.29 is 14.6 Å². The Morgan fingerprint density at radius 3 is 2.69 bits per heavy atom. The molecule has 94 valence electrons. The lowest BCUT2D eigenvalue weighted by atomic mass is 10.1. The number of carbonyl (C=O) groups is 1. The summed E-state index contributed by atoms with van der Waals surface area (Å²) in [6, 6.07) is 0. The van der Waals surface area contributed by atoms with Crippen LogP contribution in [0.15, 0.2) is 0 Å². The Morgan fingerprint density at radius 1 is 1.44 bits per heavy atom. The Morgan fingerprint density at radius 2 is 2.12 bits per heavy atom. The van der Waals surface area contributed by atoms with Gasteiger partial charge in [-0.15, -0.1) is 11.6 Å². The molecule has 1 aliphatic heterocycles. The summed E-state index contributed by atoms with van der Waals surface area (Å²) in [6.45, 7) is 1.98. The highest BCUT2D eigenvalue weighted by molar-refractivity contribution is 6.17. The van der Waals surface area contributed by atoms with Gasteiger partial charge in [-0.05, 0) is 19.3 Å². The fourth-order valence-corrected chi connectivity index (χ4v) is 2.00. The largest absolute Gasteiger partial charge is 0.394 e. The topological polar surface area (TPSA) is 49.8 Å². The van der Waals surface area contributed by atoms with Gasteiger partial charge in [-0.2, -0.15) is 0 Å². The molecule has 1 rings (SSSR count). The van der Waals surface area contributed by atoms with E-state index in [0.29, 0.717) is 18.9 Å². The molecule has 0 saturated carbocycles. The maximum absolute atomic E-state index is 11.7. The van der Waals surface area contributed by atoms with E-state index in [2.05, 4.69) is 0 Å². The first-order chi connectivity index (χ1) is 7.77. The molecular formula is C11H20ClNO3. The number of rotatable bonds is 6. The van der Waals surface area contributed by atoms with Crippen LogP contribution < -0.4 is 0 Å². The van der Waals surface area contributed by atoms with Crippen LogP contribution in [-0.4, -0.2) is 54.2 Å². The van der Waals surface area contributed by atoms with Gasteiger partial charge in [0.15, 0.2) is 0 Å². The van der Waals surface area contributed by atoms with Gasteiger partial charge >= 0.3 is 0 Å². The molecule has 16 heavy (non-hydrogen) atoms. The van der Waals surface area contributed by atoms with Gasteiger partial charge in [0.1, 0.15) is 0 Å². The fourth-order valence-electron chi connectivity index (χ4n) is 1.87. The Hall–Kier alpha value is -0.320. The minimum atomic E-state index is 0.0644. The fraction of sp³-hybridized carbons (Fsp3) is 0.909. The van der Waals surface area contributed by atoms with E-state index in [0.717, 1.165) is 32.4 Å². The second kappa shape index (κ2) is 7.87. The highest BCUT2D eigenvalue weighted by Crippen LogP contribution is 2.14. The summed E-state index contributed by atoms with van der Waals surface area (Å²) in [5.41, 5.74) is 0. The number of piperidine rings is 1. The highest BCUT2D eigenvalue weighted by Gasteiger charge is 2.22. The van der Waals surface area contributed by atoms with E-state index in [-0.39, 0.29) is 18.6 Å². The third kappa shape index (κ3) is 4.68. The van der Waals surface area contributed by atoms with Gasteiger partial charge < -0.3 is 14.7 Å². The summed E-state index contributed by atoms with van der Waals surface area (Å²) in [5, 5.41) is 8.63. The zero-order chi connectivity index (χ0) is 11.8. The molecule has 5 heteroatoms. The quantitative estimate of drug-likeness (QED) is 0.715. The van der Waals surface area contributed by atoms with Gasteiger partial charge in [-0.3, -0.25) is 4.79 Å². The number of halogens is 1. The van der Waals surface area contributed by atoms with E-state index in [9.17, 15) is 4.79 Å². The van der Waals surface area contributed by atoms with E-state index in [1.54, 1.807) is 0 Å². The molecule has 0 atom stereocenters. The first kappa shape index (κ1) is 13.7. The minimum absolute atomic E-state index is 0.0644. The predicted octanol–water partition coefficient (Wildman–Crippen LogP) is 1.01. The van der Waals surface area contributed by atoms with Crippen LogP contribution in [0.5, 0.6) is 0 Å². The Balaban J connectivity index is 2.18. The van der Waals surface area contributed by atoms with Gasteiger partial charge in [-0.1, -0.05) is 0 Å². The van der Waals surface area contributed by atoms with Gasteiger partial charge in [0.2, 0.25) is 5.91 Å². The highest BCUT2D eigenvalue weighted by atomic mass is 35.5. The number of hydrogen-bond donors (Lipinski definition) is 1. The normalized spacial score (nSPS) is 17.8. The summed E-state index contributed by atoms with van der Waals surface area (Å²) in [5.74, 6) is 0.739. The molecule has 1 fully saturated rings. The lowest BCUT2D eigenvalue weighted by Crippen LogP contribution is -2.41. The van der Waals surface area contributed by atoms with Crippen molar-refractivity contribution in [1.29, 1.82) is 0 Å². The molecule has 0 radical (unpaired) electrons. The van der Waals surface area contributed by atoms with Crippen LogP contribution in [0.4, 0.5) is 0 Å². The van der Waals surface area contributed by atoms with Crippen LogP contribution in [0.25, 0.3) is 0 Å². The number of ether oxygens (including phenoxy) is 1. The van der Waals surface area contributed by atoms with E-state index < -0.39 is 0 Å². The maximum atomic E-state index is 11.7. The Kier molecular flexibility index (Phi) is 6.76. The van der Waals surface area contributed by atoms with Gasteiger partial charge in [0, 0.05) is 25.4 Å². The first-order valence-corrected chi connectivity index (χ1v) is 6.37. The van der Waals surface area contributed by atoms with Crippen LogP contribution in [-0.2, 0) is 9.53 Å². The number of amides is 1. The first-order valence-electron chi connectivity index (χ1n) is 5.84. The van der Waals surface area contributed by atoms with E-state index in [4.69, 9.17) is 21.4 Å². The molecule has 1 N–H and O–H groups in total. The summed E-state index contributed by atoms with van der Waals surface area (Å²) in [6.07, 6.45) is 3.23. The molecule has 4 nitrogen and oxygen atoms in total. The predicted molar refractivity (Wildman–Crippen MR) is 62.6 cm³/mol. The van der Waals surface area contributed by atoms with E-state index in [1.165, 1.54) is 0 Å². The second-order valence-electron chi connectivity index (χ2n) is 3.97. The lowest BCUT2D eigenvalue weighted by Gasteiger charge is -2.31. The van der Waals surface area contributed by atoms with Crippen molar-refractivity contribution in [3.63, 3.8) is 0 Å². The summed E-state index contributed by atoms with van der Waals surface area (Å²) in [4.78, 5) is 13.5. The van der Waals surface area contributed by atoms with E-state index >= 15 is 0 Å². The molecule has 1 saturated heterocycles. The van der Waals surface area contributed by atoms with Gasteiger partial charge in [0.25, 0.3) is 0 Å². The zero-order valence-corrected chi connectivity index (χ0v) is 10.3. The third-order valence-electron chi connectivity index (χ3n) is 2.76. The van der Waals surface area contributed by atoms with Crippen molar-refractivity contribution in [3.05, 3.63) is 0 Å².